The van der Waals surface area contributed by atoms with E-state index in [0.29, 0.717) is 19.4 Å². The monoisotopic (exact) mass is 185 g/mol. The van der Waals surface area contributed by atoms with E-state index in [1.165, 1.54) is 4.90 Å². The molecule has 2 atom stereocenters. The van der Waals surface area contributed by atoms with Crippen LogP contribution >= 0.6 is 0 Å². The Morgan fingerprint density at radius 1 is 1.77 bits per heavy atom. The number of carboxylic acid groups (broad SMARTS) is 1. The minimum Gasteiger partial charge on any atom is -0.481 e. The lowest BCUT2D eigenvalue weighted by molar-refractivity contribution is -0.161. The van der Waals surface area contributed by atoms with E-state index >= 15 is 0 Å². The van der Waals surface area contributed by atoms with Crippen molar-refractivity contribution in [2.45, 2.75) is 18.4 Å². The van der Waals surface area contributed by atoms with Gasteiger partial charge in [-0.15, -0.1) is 0 Å². The van der Waals surface area contributed by atoms with Gasteiger partial charge in [0.05, 0.1) is 12.5 Å². The van der Waals surface area contributed by atoms with Crippen LogP contribution in [0.1, 0.15) is 12.8 Å². The molecule has 1 amide bonds. The number of rotatable bonds is 1. The van der Waals surface area contributed by atoms with Crippen LogP contribution in [-0.2, 0) is 9.53 Å². The SMILES string of the molecule is CN1CC2(CCC2C(=O)O)OC1=O. The summed E-state index contributed by atoms with van der Waals surface area (Å²) in [7, 11) is 1.62. The first kappa shape index (κ1) is 8.34. The van der Waals surface area contributed by atoms with Crippen LogP contribution in [0.2, 0.25) is 0 Å². The molecule has 1 spiro atoms. The number of nitrogens with zero attached hydrogens (tertiary/aromatic N) is 1. The molecule has 1 saturated carbocycles. The minimum absolute atomic E-state index is 0.406. The van der Waals surface area contributed by atoms with Crippen molar-refractivity contribution in [1.82, 2.24) is 4.90 Å². The Morgan fingerprint density at radius 3 is 2.77 bits per heavy atom. The summed E-state index contributed by atoms with van der Waals surface area (Å²) in [4.78, 5) is 23.2. The van der Waals surface area contributed by atoms with Crippen molar-refractivity contribution in [3.63, 3.8) is 0 Å². The molecule has 5 nitrogen and oxygen atoms in total. The van der Waals surface area contributed by atoms with Crippen LogP contribution in [0.5, 0.6) is 0 Å². The molecule has 1 saturated heterocycles. The highest BCUT2D eigenvalue weighted by atomic mass is 16.6. The number of hydrogen-bond acceptors (Lipinski definition) is 3. The summed E-state index contributed by atoms with van der Waals surface area (Å²) in [6, 6.07) is 0. The van der Waals surface area contributed by atoms with Gasteiger partial charge in [0.15, 0.2) is 0 Å². The highest BCUT2D eigenvalue weighted by molar-refractivity contribution is 5.77. The molecular weight excluding hydrogens is 174 g/mol. The van der Waals surface area contributed by atoms with Gasteiger partial charge in [-0.2, -0.15) is 0 Å². The Morgan fingerprint density at radius 2 is 2.46 bits per heavy atom. The average molecular weight is 185 g/mol. The minimum atomic E-state index is -0.866. The normalized spacial score (nSPS) is 37.5. The summed E-state index contributed by atoms with van der Waals surface area (Å²) in [5.74, 6) is -1.38. The summed E-state index contributed by atoms with van der Waals surface area (Å²) < 4.78 is 5.08. The number of likely N-dealkylation sites (N-methyl/N-ethyl adjacent to an activating group) is 1. The maximum atomic E-state index is 11.1. The molecule has 0 aromatic rings. The van der Waals surface area contributed by atoms with Gasteiger partial charge in [0.25, 0.3) is 0 Å². The lowest BCUT2D eigenvalue weighted by atomic mass is 9.69. The zero-order valence-corrected chi connectivity index (χ0v) is 7.32. The Balaban J connectivity index is 2.16. The molecule has 1 N–H and O–H groups in total. The summed E-state index contributed by atoms with van der Waals surface area (Å²) in [6.45, 7) is 0.406. The Labute approximate surface area is 75.3 Å². The molecule has 1 aliphatic carbocycles. The first-order valence-electron chi connectivity index (χ1n) is 4.22. The highest BCUT2D eigenvalue weighted by Crippen LogP contribution is 2.45. The van der Waals surface area contributed by atoms with Crippen LogP contribution in [0.15, 0.2) is 0 Å². The fourth-order valence-electron chi connectivity index (χ4n) is 2.02. The lowest BCUT2D eigenvalue weighted by Gasteiger charge is -2.41. The van der Waals surface area contributed by atoms with E-state index in [9.17, 15) is 9.59 Å². The smallest absolute Gasteiger partial charge is 0.410 e. The van der Waals surface area contributed by atoms with Crippen LogP contribution in [0, 0.1) is 5.92 Å². The molecule has 72 valence electrons. The standard InChI is InChI=1S/C8H11NO4/c1-9-4-8(13-7(9)12)3-2-5(8)6(10)11/h5H,2-4H2,1H3,(H,10,11). The molecule has 2 rings (SSSR count). The van der Waals surface area contributed by atoms with Crippen molar-refractivity contribution in [2.75, 3.05) is 13.6 Å². The third kappa shape index (κ3) is 0.993. The number of hydrogen-bond donors (Lipinski definition) is 1. The fraction of sp³-hybridized carbons (Fsp3) is 0.750. The van der Waals surface area contributed by atoms with Crippen molar-refractivity contribution in [2.24, 2.45) is 5.92 Å². The van der Waals surface area contributed by atoms with Gasteiger partial charge in [-0.1, -0.05) is 0 Å². The molecule has 0 aromatic carbocycles. The molecule has 0 bridgehead atoms. The quantitative estimate of drug-likeness (QED) is 0.638. The first-order chi connectivity index (χ1) is 6.05. The second-order valence-corrected chi connectivity index (χ2v) is 3.72. The summed E-state index contributed by atoms with van der Waals surface area (Å²) in [6.07, 6.45) is 0.863. The Kier molecular flexibility index (Phi) is 1.52. The fourth-order valence-corrected chi connectivity index (χ4v) is 2.02. The lowest BCUT2D eigenvalue weighted by Crippen LogP contribution is -2.53. The van der Waals surface area contributed by atoms with E-state index in [4.69, 9.17) is 9.84 Å². The van der Waals surface area contributed by atoms with Crippen LogP contribution in [-0.4, -0.2) is 41.3 Å². The summed E-state index contributed by atoms with van der Waals surface area (Å²) in [5.41, 5.74) is -0.725. The van der Waals surface area contributed by atoms with Gasteiger partial charge in [-0.25, -0.2) is 4.79 Å². The maximum absolute atomic E-state index is 11.1. The third-order valence-electron chi connectivity index (χ3n) is 2.90. The molecule has 0 aromatic heterocycles. The van der Waals surface area contributed by atoms with Crippen molar-refractivity contribution in [1.29, 1.82) is 0 Å². The van der Waals surface area contributed by atoms with E-state index in [2.05, 4.69) is 0 Å². The van der Waals surface area contributed by atoms with Gasteiger partial charge in [-0.3, -0.25) is 4.79 Å². The number of ether oxygens (including phenoxy) is 1. The Bertz CT molecular complexity index is 277. The number of carbonyl (C=O) groups excluding carboxylic acids is 1. The van der Waals surface area contributed by atoms with Gasteiger partial charge in [0.2, 0.25) is 0 Å². The second-order valence-electron chi connectivity index (χ2n) is 3.72. The van der Waals surface area contributed by atoms with E-state index in [-0.39, 0.29) is 0 Å². The molecule has 1 heterocycles. The molecule has 1 aliphatic heterocycles. The van der Waals surface area contributed by atoms with Crippen molar-refractivity contribution in [3.8, 4) is 0 Å². The first-order valence-corrected chi connectivity index (χ1v) is 4.22. The molecule has 2 aliphatic rings. The van der Waals surface area contributed by atoms with Crippen molar-refractivity contribution >= 4 is 12.1 Å². The van der Waals surface area contributed by atoms with Crippen LogP contribution < -0.4 is 0 Å². The van der Waals surface area contributed by atoms with Gasteiger partial charge in [0.1, 0.15) is 5.60 Å². The van der Waals surface area contributed by atoms with Crippen LogP contribution in [0.3, 0.4) is 0 Å². The van der Waals surface area contributed by atoms with E-state index < -0.39 is 23.6 Å². The van der Waals surface area contributed by atoms with Crippen LogP contribution in [0.4, 0.5) is 4.79 Å². The molecule has 2 unspecified atom stereocenters. The molecule has 0 radical (unpaired) electrons. The zero-order valence-electron chi connectivity index (χ0n) is 7.32. The zero-order chi connectivity index (χ0) is 9.64. The van der Waals surface area contributed by atoms with Crippen LogP contribution in [0.25, 0.3) is 0 Å². The largest absolute Gasteiger partial charge is 0.481 e. The van der Waals surface area contributed by atoms with E-state index in [0.717, 1.165) is 0 Å². The number of carbonyl (C=O) groups is 2. The summed E-state index contributed by atoms with van der Waals surface area (Å²) >= 11 is 0. The number of amides is 1. The predicted octanol–water partition coefficient (Wildman–Crippen LogP) is 0.302. The average Bonchev–Trinajstić information content (AvgIpc) is 2.27. The van der Waals surface area contributed by atoms with Gasteiger partial charge < -0.3 is 14.7 Å². The maximum Gasteiger partial charge on any atom is 0.410 e. The summed E-state index contributed by atoms with van der Waals surface area (Å²) in [5, 5.41) is 8.82. The Hall–Kier alpha value is -1.26. The topological polar surface area (TPSA) is 66.8 Å². The van der Waals surface area contributed by atoms with Crippen molar-refractivity contribution in [3.05, 3.63) is 0 Å². The number of aliphatic carboxylic acids is 1. The van der Waals surface area contributed by atoms with Gasteiger partial charge in [0, 0.05) is 7.05 Å². The molecule has 5 heteroatoms. The molecular formula is C8H11NO4. The molecule has 2 fully saturated rings. The second kappa shape index (κ2) is 2.37. The highest BCUT2D eigenvalue weighted by Gasteiger charge is 2.58. The van der Waals surface area contributed by atoms with Gasteiger partial charge in [-0.05, 0) is 12.8 Å². The van der Waals surface area contributed by atoms with E-state index in [1.807, 2.05) is 0 Å². The van der Waals surface area contributed by atoms with E-state index in [1.54, 1.807) is 7.05 Å². The predicted molar refractivity (Wildman–Crippen MR) is 42.2 cm³/mol. The molecule has 13 heavy (non-hydrogen) atoms. The van der Waals surface area contributed by atoms with Gasteiger partial charge >= 0.3 is 12.1 Å². The number of carboxylic acids is 1. The third-order valence-corrected chi connectivity index (χ3v) is 2.90. The van der Waals surface area contributed by atoms with Crippen molar-refractivity contribution < 1.29 is 19.4 Å².